The quantitative estimate of drug-likeness (QED) is 0.861. The van der Waals surface area contributed by atoms with Gasteiger partial charge in [-0.15, -0.1) is 0 Å². The van der Waals surface area contributed by atoms with Crippen molar-refractivity contribution in [3.05, 3.63) is 53.3 Å². The van der Waals surface area contributed by atoms with E-state index in [0.29, 0.717) is 12.1 Å². The first kappa shape index (κ1) is 10.9. The van der Waals surface area contributed by atoms with E-state index in [4.69, 9.17) is 10.4 Å². The highest BCUT2D eigenvalue weighted by Gasteiger charge is 2.08. The standard InChI is InChI=1S/C12H9N3O2/c13-7-11-6-9(12(16)17)2-3-10(11)8-15-5-1-4-14-15/h1-6H,8H2,(H,16,17). The van der Waals surface area contributed by atoms with Gasteiger partial charge in [-0.05, 0) is 23.8 Å². The van der Waals surface area contributed by atoms with Crippen LogP contribution in [0.1, 0.15) is 21.5 Å². The van der Waals surface area contributed by atoms with Crippen LogP contribution in [0.4, 0.5) is 0 Å². The summed E-state index contributed by atoms with van der Waals surface area (Å²) in [4.78, 5) is 10.8. The van der Waals surface area contributed by atoms with Crippen LogP contribution in [0.5, 0.6) is 0 Å². The molecule has 0 saturated heterocycles. The van der Waals surface area contributed by atoms with E-state index in [9.17, 15) is 4.79 Å². The fourth-order valence-corrected chi connectivity index (χ4v) is 1.52. The normalized spacial score (nSPS) is 9.82. The number of hydrogen-bond acceptors (Lipinski definition) is 3. The van der Waals surface area contributed by atoms with Crippen molar-refractivity contribution in [3.8, 4) is 6.07 Å². The van der Waals surface area contributed by atoms with Crippen LogP contribution in [0.25, 0.3) is 0 Å². The molecule has 17 heavy (non-hydrogen) atoms. The zero-order chi connectivity index (χ0) is 12.3. The largest absolute Gasteiger partial charge is 0.478 e. The van der Waals surface area contributed by atoms with Gasteiger partial charge in [0.25, 0.3) is 0 Å². The van der Waals surface area contributed by atoms with Crippen molar-refractivity contribution < 1.29 is 9.90 Å². The minimum Gasteiger partial charge on any atom is -0.478 e. The van der Waals surface area contributed by atoms with E-state index in [0.717, 1.165) is 5.56 Å². The highest BCUT2D eigenvalue weighted by molar-refractivity contribution is 5.88. The summed E-state index contributed by atoms with van der Waals surface area (Å²) in [6.45, 7) is 0.454. The van der Waals surface area contributed by atoms with Crippen LogP contribution in [0.15, 0.2) is 36.7 Å². The fourth-order valence-electron chi connectivity index (χ4n) is 1.52. The molecule has 1 N–H and O–H groups in total. The maximum Gasteiger partial charge on any atom is 0.335 e. The van der Waals surface area contributed by atoms with Gasteiger partial charge in [-0.2, -0.15) is 10.4 Å². The Bertz CT molecular complexity index is 582. The van der Waals surface area contributed by atoms with Crippen molar-refractivity contribution in [3.63, 3.8) is 0 Å². The summed E-state index contributed by atoms with van der Waals surface area (Å²) in [7, 11) is 0. The van der Waals surface area contributed by atoms with E-state index in [-0.39, 0.29) is 5.56 Å². The Morgan fingerprint density at radius 1 is 1.53 bits per heavy atom. The molecule has 1 aromatic heterocycles. The van der Waals surface area contributed by atoms with Gasteiger partial charge >= 0.3 is 5.97 Å². The van der Waals surface area contributed by atoms with Crippen LogP contribution in [-0.2, 0) is 6.54 Å². The van der Waals surface area contributed by atoms with E-state index in [1.165, 1.54) is 12.1 Å². The van der Waals surface area contributed by atoms with Crippen molar-refractivity contribution in [2.75, 3.05) is 0 Å². The Labute approximate surface area is 97.5 Å². The van der Waals surface area contributed by atoms with Gasteiger partial charge in [-0.25, -0.2) is 4.79 Å². The number of nitrogens with zero attached hydrogens (tertiary/aromatic N) is 3. The molecule has 5 heteroatoms. The van der Waals surface area contributed by atoms with E-state index >= 15 is 0 Å². The summed E-state index contributed by atoms with van der Waals surface area (Å²) in [5.41, 5.74) is 1.23. The highest BCUT2D eigenvalue weighted by Crippen LogP contribution is 2.12. The number of benzene rings is 1. The number of carboxylic acids is 1. The van der Waals surface area contributed by atoms with Crippen LogP contribution in [0.2, 0.25) is 0 Å². The Balaban J connectivity index is 2.35. The molecule has 0 atom stereocenters. The van der Waals surface area contributed by atoms with Gasteiger partial charge in [0.15, 0.2) is 0 Å². The SMILES string of the molecule is N#Cc1cc(C(=O)O)ccc1Cn1cccn1. The minimum atomic E-state index is -1.04. The highest BCUT2D eigenvalue weighted by atomic mass is 16.4. The van der Waals surface area contributed by atoms with Gasteiger partial charge in [-0.3, -0.25) is 4.68 Å². The maximum absolute atomic E-state index is 10.8. The third-order valence-corrected chi connectivity index (χ3v) is 2.37. The lowest BCUT2D eigenvalue weighted by Crippen LogP contribution is -2.04. The number of carboxylic acid groups (broad SMARTS) is 1. The summed E-state index contributed by atoms with van der Waals surface area (Å²) < 4.78 is 1.68. The first-order chi connectivity index (χ1) is 8.20. The maximum atomic E-state index is 10.8. The zero-order valence-corrected chi connectivity index (χ0v) is 8.87. The molecule has 0 aliphatic heterocycles. The lowest BCUT2D eigenvalue weighted by molar-refractivity contribution is 0.0697. The molecule has 0 saturated carbocycles. The minimum absolute atomic E-state index is 0.116. The Morgan fingerprint density at radius 3 is 2.94 bits per heavy atom. The average molecular weight is 227 g/mol. The smallest absolute Gasteiger partial charge is 0.335 e. The Morgan fingerprint density at radius 2 is 2.35 bits per heavy atom. The Hall–Kier alpha value is -2.61. The monoisotopic (exact) mass is 227 g/mol. The first-order valence-electron chi connectivity index (χ1n) is 4.94. The first-order valence-corrected chi connectivity index (χ1v) is 4.94. The topological polar surface area (TPSA) is 78.9 Å². The molecule has 1 aromatic carbocycles. The molecule has 2 aromatic rings. The van der Waals surface area contributed by atoms with E-state index in [2.05, 4.69) is 5.10 Å². The molecule has 0 unspecified atom stereocenters. The van der Waals surface area contributed by atoms with Crippen molar-refractivity contribution >= 4 is 5.97 Å². The summed E-state index contributed by atoms with van der Waals surface area (Å²) in [6, 6.07) is 8.29. The summed E-state index contributed by atoms with van der Waals surface area (Å²) in [5, 5.41) is 21.8. The van der Waals surface area contributed by atoms with Crippen molar-refractivity contribution in [1.29, 1.82) is 5.26 Å². The number of hydrogen-bond donors (Lipinski definition) is 1. The predicted molar refractivity (Wildman–Crippen MR) is 59.4 cm³/mol. The van der Waals surface area contributed by atoms with E-state index < -0.39 is 5.97 Å². The molecule has 0 aliphatic carbocycles. The van der Waals surface area contributed by atoms with Gasteiger partial charge in [0.2, 0.25) is 0 Å². The number of aromatic carboxylic acids is 1. The molecule has 0 bridgehead atoms. The van der Waals surface area contributed by atoms with Crippen LogP contribution in [0.3, 0.4) is 0 Å². The van der Waals surface area contributed by atoms with E-state index in [1.807, 2.05) is 6.07 Å². The van der Waals surface area contributed by atoms with Gasteiger partial charge in [-0.1, -0.05) is 6.07 Å². The average Bonchev–Trinajstić information content (AvgIpc) is 2.82. The lowest BCUT2D eigenvalue weighted by Gasteiger charge is -2.05. The second kappa shape index (κ2) is 4.49. The molecular weight excluding hydrogens is 218 g/mol. The third-order valence-electron chi connectivity index (χ3n) is 2.37. The second-order valence-corrected chi connectivity index (χ2v) is 3.49. The molecule has 0 aliphatic rings. The fraction of sp³-hybridized carbons (Fsp3) is 0.0833. The van der Waals surface area contributed by atoms with E-state index in [1.54, 1.807) is 29.2 Å². The van der Waals surface area contributed by atoms with Crippen molar-refractivity contribution in [1.82, 2.24) is 9.78 Å². The van der Waals surface area contributed by atoms with Gasteiger partial charge in [0.05, 0.1) is 23.7 Å². The molecule has 0 amide bonds. The number of rotatable bonds is 3. The molecule has 1 heterocycles. The van der Waals surface area contributed by atoms with Crippen LogP contribution in [0, 0.1) is 11.3 Å². The number of aromatic nitrogens is 2. The summed E-state index contributed by atoms with van der Waals surface area (Å²) in [5.74, 6) is -1.04. The zero-order valence-electron chi connectivity index (χ0n) is 8.87. The predicted octanol–water partition coefficient (Wildman–Crippen LogP) is 1.50. The van der Waals surface area contributed by atoms with Gasteiger partial charge in [0, 0.05) is 12.4 Å². The van der Waals surface area contributed by atoms with Crippen LogP contribution in [-0.4, -0.2) is 20.9 Å². The van der Waals surface area contributed by atoms with Crippen molar-refractivity contribution in [2.45, 2.75) is 6.54 Å². The molecule has 2 rings (SSSR count). The molecular formula is C12H9N3O2. The van der Waals surface area contributed by atoms with Gasteiger partial charge in [0.1, 0.15) is 0 Å². The second-order valence-electron chi connectivity index (χ2n) is 3.49. The van der Waals surface area contributed by atoms with Crippen molar-refractivity contribution in [2.24, 2.45) is 0 Å². The molecule has 84 valence electrons. The summed E-state index contributed by atoms with van der Waals surface area (Å²) in [6.07, 6.45) is 3.43. The molecule has 5 nitrogen and oxygen atoms in total. The van der Waals surface area contributed by atoms with Crippen LogP contribution >= 0.6 is 0 Å². The molecule has 0 fully saturated rings. The van der Waals surface area contributed by atoms with Crippen LogP contribution < -0.4 is 0 Å². The lowest BCUT2D eigenvalue weighted by atomic mass is 10.0. The molecule has 0 spiro atoms. The number of carbonyl (C=O) groups is 1. The Kier molecular flexibility index (Phi) is 2.88. The summed E-state index contributed by atoms with van der Waals surface area (Å²) >= 11 is 0. The van der Waals surface area contributed by atoms with Gasteiger partial charge < -0.3 is 5.11 Å². The molecule has 0 radical (unpaired) electrons. The third kappa shape index (κ3) is 2.32. The number of nitriles is 1.